The first-order valence-corrected chi connectivity index (χ1v) is 12.1. The number of nitrogens with zero attached hydrogens (tertiary/aromatic N) is 3. The molecule has 11 heteroatoms. The first kappa shape index (κ1) is 18.9. The van der Waals surface area contributed by atoms with Crippen molar-refractivity contribution in [2.24, 2.45) is 4.99 Å². The number of rotatable bonds is 7. The molecule has 0 aliphatic heterocycles. The molecule has 0 aliphatic rings. The third-order valence-electron chi connectivity index (χ3n) is 2.96. The van der Waals surface area contributed by atoms with E-state index in [0.717, 1.165) is 12.5 Å². The molecular weight excluding hydrogens is 447 g/mol. The van der Waals surface area contributed by atoms with E-state index < -0.39 is 25.8 Å². The summed E-state index contributed by atoms with van der Waals surface area (Å²) in [5.74, 6) is -0.631. The average Bonchev–Trinajstić information content (AvgIpc) is 3.02. The van der Waals surface area contributed by atoms with E-state index in [1.807, 2.05) is 12.4 Å². The van der Waals surface area contributed by atoms with Crippen molar-refractivity contribution in [2.75, 3.05) is 0 Å². The number of aliphatic imine (C=N–C) groups is 1. The Morgan fingerprint density at radius 2 is 2.29 bits per heavy atom. The Hall–Kier alpha value is -1.43. The summed E-state index contributed by atoms with van der Waals surface area (Å²) in [7, 11) is 0. The van der Waals surface area contributed by atoms with Gasteiger partial charge in [0.25, 0.3) is 0 Å². The second-order valence-corrected chi connectivity index (χ2v) is 10.0. The minimum atomic E-state index is -2.83. The van der Waals surface area contributed by atoms with E-state index >= 15 is 0 Å². The Kier molecular flexibility index (Phi) is 7.21. The Bertz CT molecular complexity index is 755. The molecule has 3 N–H and O–H groups in total. The van der Waals surface area contributed by atoms with Gasteiger partial charge in [-0.2, -0.15) is 0 Å². The van der Waals surface area contributed by atoms with Crippen LogP contribution in [0.3, 0.4) is 0 Å². The number of halogens is 2. The van der Waals surface area contributed by atoms with Crippen molar-refractivity contribution < 1.29 is 17.3 Å². The second-order valence-electron chi connectivity index (χ2n) is 4.76. The summed E-state index contributed by atoms with van der Waals surface area (Å²) in [6, 6.07) is 3.83. The van der Waals surface area contributed by atoms with Crippen LogP contribution in [0.2, 0.25) is 9.46 Å². The molecule has 1 aromatic heterocycles. The maximum absolute atomic E-state index is 13.2. The summed E-state index contributed by atoms with van der Waals surface area (Å²) < 4.78 is 33.2. The summed E-state index contributed by atoms with van der Waals surface area (Å²) in [4.78, 5) is 4.10. The molecule has 2 rings (SSSR count). The fourth-order valence-electron chi connectivity index (χ4n) is 1.81. The van der Waals surface area contributed by atoms with Crippen LogP contribution in [-0.2, 0) is 9.62 Å². The number of nitrogens with one attached hydrogen (secondary N) is 2. The molecule has 0 saturated carbocycles. The monoisotopic (exact) mass is 463 g/mol. The zero-order chi connectivity index (χ0) is 17.5. The van der Waals surface area contributed by atoms with Gasteiger partial charge >= 0.3 is 150 Å². The van der Waals surface area contributed by atoms with Crippen LogP contribution in [-0.4, -0.2) is 41.4 Å². The first-order valence-electron chi connectivity index (χ1n) is 7.07. The van der Waals surface area contributed by atoms with Crippen molar-refractivity contribution in [1.29, 1.82) is 0 Å². The summed E-state index contributed by atoms with van der Waals surface area (Å²) in [6.07, 6.45) is 0.839. The van der Waals surface area contributed by atoms with Crippen molar-refractivity contribution in [2.45, 2.75) is 24.3 Å². The van der Waals surface area contributed by atoms with Crippen LogP contribution in [0.1, 0.15) is 24.7 Å². The molecule has 0 fully saturated rings. The van der Waals surface area contributed by atoms with E-state index in [0.29, 0.717) is 15.8 Å². The number of amidine groups is 1. The van der Waals surface area contributed by atoms with Crippen molar-refractivity contribution in [3.05, 3.63) is 40.4 Å². The van der Waals surface area contributed by atoms with Gasteiger partial charge in [0.1, 0.15) is 0 Å². The Morgan fingerprint density at radius 3 is 2.96 bits per heavy atom. The molecule has 0 radical (unpaired) electrons. The molecule has 2 aromatic rings. The van der Waals surface area contributed by atoms with E-state index in [9.17, 15) is 12.7 Å². The molecule has 0 spiro atoms. The molecule has 128 valence electrons. The number of hydrogen-bond donors (Lipinski definition) is 3. The third-order valence-corrected chi connectivity index (χ3v) is 7.60. The van der Waals surface area contributed by atoms with Crippen LogP contribution >= 0.6 is 11.6 Å². The first-order chi connectivity index (χ1) is 11.5. The molecule has 0 saturated heterocycles. The fourth-order valence-corrected chi connectivity index (χ4v) is 4.83. The zero-order valence-electron chi connectivity index (χ0n) is 12.7. The number of aromatic nitrogens is 2. The van der Waals surface area contributed by atoms with Crippen LogP contribution in [0.4, 0.5) is 10.1 Å². The van der Waals surface area contributed by atoms with Crippen LogP contribution < -0.4 is 9.02 Å². The molecule has 0 amide bonds. The van der Waals surface area contributed by atoms with Crippen LogP contribution in [0, 0.1) is 5.82 Å². The van der Waals surface area contributed by atoms with Crippen LogP contribution in [0.25, 0.3) is 0 Å². The molecule has 24 heavy (non-hydrogen) atoms. The van der Waals surface area contributed by atoms with E-state index in [1.54, 1.807) is 0 Å². The van der Waals surface area contributed by atoms with Gasteiger partial charge in [0, 0.05) is 0 Å². The molecule has 8 nitrogen and oxygen atoms in total. The second kappa shape index (κ2) is 9.16. The molecule has 1 aromatic carbocycles. The van der Waals surface area contributed by atoms with Gasteiger partial charge in [-0.25, -0.2) is 0 Å². The maximum atomic E-state index is 13.2. The summed E-state index contributed by atoms with van der Waals surface area (Å²) >= 11 is 2.86. The Balaban J connectivity index is 2.21. The normalized spacial score (nSPS) is 11.6. The summed E-state index contributed by atoms with van der Waals surface area (Å²) in [6.45, 7) is 2.14. The molecule has 0 atom stereocenters. The molecule has 0 unspecified atom stereocenters. The molecular formula is C13H15ClFN5O3Sn. The van der Waals surface area contributed by atoms with Gasteiger partial charge in [0.2, 0.25) is 0 Å². The van der Waals surface area contributed by atoms with E-state index in [4.69, 9.17) is 11.6 Å². The van der Waals surface area contributed by atoms with Gasteiger partial charge in [-0.1, -0.05) is 0 Å². The van der Waals surface area contributed by atoms with Gasteiger partial charge in [-0.3, -0.25) is 0 Å². The minimum absolute atomic E-state index is 0.0535. The third kappa shape index (κ3) is 5.03. The number of benzene rings is 1. The topological polar surface area (TPSA) is 113 Å². The predicted octanol–water partition coefficient (Wildman–Crippen LogP) is 2.34. The molecule has 0 bridgehead atoms. The quantitative estimate of drug-likeness (QED) is 0.251. The van der Waals surface area contributed by atoms with Gasteiger partial charge in [-0.15, -0.1) is 0 Å². The van der Waals surface area contributed by atoms with Crippen LogP contribution in [0.15, 0.2) is 27.8 Å². The van der Waals surface area contributed by atoms with Gasteiger partial charge in [0.05, 0.1) is 0 Å². The van der Waals surface area contributed by atoms with E-state index in [1.165, 1.54) is 12.1 Å². The van der Waals surface area contributed by atoms with Gasteiger partial charge in [-0.05, 0) is 0 Å². The van der Waals surface area contributed by atoms with Gasteiger partial charge < -0.3 is 0 Å². The Labute approximate surface area is 149 Å². The molecule has 1 heterocycles. The van der Waals surface area contributed by atoms with Crippen molar-refractivity contribution >= 4 is 43.1 Å². The van der Waals surface area contributed by atoms with Crippen LogP contribution in [0.5, 0.6) is 0 Å². The SMILES string of the molecule is CC[CH2][Sn](=[O])[NH]Cc1nonc1C(=Nc1ccc(F)c(Cl)c1)NO. The summed E-state index contributed by atoms with van der Waals surface area (Å²) in [5, 5.41) is 16.6. The summed E-state index contributed by atoms with van der Waals surface area (Å²) in [5.41, 5.74) is 2.69. The number of hydrogen-bond acceptors (Lipinski definition) is 6. The Morgan fingerprint density at radius 1 is 1.50 bits per heavy atom. The zero-order valence-corrected chi connectivity index (χ0v) is 16.3. The van der Waals surface area contributed by atoms with E-state index in [2.05, 4.69) is 23.5 Å². The fraction of sp³-hybridized carbons (Fsp3) is 0.308. The van der Waals surface area contributed by atoms with Gasteiger partial charge in [0.15, 0.2) is 0 Å². The van der Waals surface area contributed by atoms with E-state index in [-0.39, 0.29) is 23.1 Å². The standard InChI is InChI=1S/C10H8ClFN5O2.C3H7.O.Sn/c11-6-3-5(1-2-7(6)12)14-10(15-18)9-8(4-13)16-19-17-9;1-3-2;;/h1-3,13,18H,4H2,(H,14,15);1,3H2,2H3;;/q-1;;;+1. The predicted molar refractivity (Wildman–Crippen MR) is 85.2 cm³/mol. The van der Waals surface area contributed by atoms with Crippen molar-refractivity contribution in [3.8, 4) is 0 Å². The number of hydroxylamine groups is 1. The molecule has 0 aliphatic carbocycles. The average molecular weight is 462 g/mol. The van der Waals surface area contributed by atoms with Crippen molar-refractivity contribution in [3.63, 3.8) is 0 Å². The van der Waals surface area contributed by atoms with Crippen molar-refractivity contribution in [1.82, 2.24) is 19.3 Å².